The minimum atomic E-state index is 0.542. The van der Waals surface area contributed by atoms with Crippen LogP contribution >= 0.6 is 0 Å². The lowest BCUT2D eigenvalue weighted by atomic mass is 10.1. The predicted molar refractivity (Wildman–Crippen MR) is 66.9 cm³/mol. The summed E-state index contributed by atoms with van der Waals surface area (Å²) in [6.07, 6.45) is 4.19. The van der Waals surface area contributed by atoms with Crippen LogP contribution in [0.4, 0.5) is 5.82 Å². The molecular formula is C12H22N4. The number of hydrogen-bond donors (Lipinski definition) is 1. The summed E-state index contributed by atoms with van der Waals surface area (Å²) < 4.78 is 0. The first-order valence-electron chi connectivity index (χ1n) is 5.84. The molecule has 1 heterocycles. The molecule has 0 unspecified atom stereocenters. The Balaban J connectivity index is 2.31. The Kier molecular flexibility index (Phi) is 5.19. The minimum absolute atomic E-state index is 0.542. The lowest BCUT2D eigenvalue weighted by Gasteiger charge is -2.16. The van der Waals surface area contributed by atoms with Crippen LogP contribution in [0.3, 0.4) is 0 Å². The van der Waals surface area contributed by atoms with Crippen LogP contribution in [-0.2, 0) is 6.54 Å². The van der Waals surface area contributed by atoms with Crippen LogP contribution in [0, 0.1) is 5.92 Å². The Morgan fingerprint density at radius 2 is 2.19 bits per heavy atom. The number of nitrogen functional groups attached to an aromatic ring is 1. The van der Waals surface area contributed by atoms with E-state index >= 15 is 0 Å². The molecule has 0 aliphatic heterocycles. The molecule has 1 aromatic rings. The van der Waals surface area contributed by atoms with Crippen molar-refractivity contribution in [3.05, 3.63) is 18.1 Å². The van der Waals surface area contributed by atoms with Gasteiger partial charge in [0.15, 0.2) is 0 Å². The molecule has 0 radical (unpaired) electrons. The van der Waals surface area contributed by atoms with E-state index in [1.54, 1.807) is 12.3 Å². The van der Waals surface area contributed by atoms with E-state index in [0.29, 0.717) is 5.82 Å². The first-order chi connectivity index (χ1) is 7.58. The minimum Gasteiger partial charge on any atom is -0.384 e. The van der Waals surface area contributed by atoms with Gasteiger partial charge >= 0.3 is 0 Å². The van der Waals surface area contributed by atoms with Crippen molar-refractivity contribution in [2.45, 2.75) is 33.2 Å². The maximum absolute atomic E-state index is 5.60. The van der Waals surface area contributed by atoms with Crippen molar-refractivity contribution in [3.8, 4) is 0 Å². The summed E-state index contributed by atoms with van der Waals surface area (Å²) in [5.74, 6) is 2.12. The Labute approximate surface area is 97.9 Å². The summed E-state index contributed by atoms with van der Waals surface area (Å²) in [4.78, 5) is 10.6. The molecule has 4 heteroatoms. The summed E-state index contributed by atoms with van der Waals surface area (Å²) in [6, 6.07) is 1.71. The van der Waals surface area contributed by atoms with E-state index in [-0.39, 0.29) is 0 Å². The Hall–Kier alpha value is -1.16. The van der Waals surface area contributed by atoms with Crippen LogP contribution in [-0.4, -0.2) is 28.5 Å². The monoisotopic (exact) mass is 222 g/mol. The quantitative estimate of drug-likeness (QED) is 0.799. The average molecular weight is 222 g/mol. The van der Waals surface area contributed by atoms with E-state index < -0.39 is 0 Å². The zero-order chi connectivity index (χ0) is 12.0. The second-order valence-corrected chi connectivity index (χ2v) is 4.67. The van der Waals surface area contributed by atoms with E-state index in [9.17, 15) is 0 Å². The molecule has 0 aliphatic rings. The van der Waals surface area contributed by atoms with Crippen LogP contribution in [0.15, 0.2) is 12.3 Å². The fourth-order valence-corrected chi connectivity index (χ4v) is 1.58. The van der Waals surface area contributed by atoms with Gasteiger partial charge in [0.1, 0.15) is 11.6 Å². The number of aromatic nitrogens is 2. The third-order valence-electron chi connectivity index (χ3n) is 2.46. The average Bonchev–Trinajstić information content (AvgIpc) is 2.16. The van der Waals surface area contributed by atoms with Crippen molar-refractivity contribution < 1.29 is 0 Å². The van der Waals surface area contributed by atoms with Gasteiger partial charge in [0.25, 0.3) is 0 Å². The lowest BCUT2D eigenvalue weighted by molar-refractivity contribution is 0.303. The summed E-state index contributed by atoms with van der Waals surface area (Å²) in [5, 5.41) is 0. The Bertz CT molecular complexity index is 312. The van der Waals surface area contributed by atoms with Gasteiger partial charge < -0.3 is 5.73 Å². The zero-order valence-corrected chi connectivity index (χ0v) is 10.5. The van der Waals surface area contributed by atoms with Crippen LogP contribution < -0.4 is 5.73 Å². The largest absolute Gasteiger partial charge is 0.384 e. The highest BCUT2D eigenvalue weighted by Gasteiger charge is 2.03. The molecule has 0 aliphatic carbocycles. The van der Waals surface area contributed by atoms with Crippen molar-refractivity contribution in [2.24, 2.45) is 5.92 Å². The van der Waals surface area contributed by atoms with Gasteiger partial charge in [-0.2, -0.15) is 0 Å². The van der Waals surface area contributed by atoms with Crippen molar-refractivity contribution in [1.82, 2.24) is 14.9 Å². The fourth-order valence-electron chi connectivity index (χ4n) is 1.58. The summed E-state index contributed by atoms with van der Waals surface area (Å²) in [6.45, 7) is 6.35. The highest BCUT2D eigenvalue weighted by atomic mass is 15.1. The topological polar surface area (TPSA) is 55.0 Å². The van der Waals surface area contributed by atoms with Gasteiger partial charge in [-0.15, -0.1) is 0 Å². The Morgan fingerprint density at radius 3 is 2.81 bits per heavy atom. The third-order valence-corrected chi connectivity index (χ3v) is 2.46. The van der Waals surface area contributed by atoms with E-state index in [0.717, 1.165) is 24.8 Å². The third kappa shape index (κ3) is 5.07. The number of hydrogen-bond acceptors (Lipinski definition) is 4. The lowest BCUT2D eigenvalue weighted by Crippen LogP contribution is -2.21. The molecule has 90 valence electrons. The molecule has 0 amide bonds. The first kappa shape index (κ1) is 12.9. The molecule has 1 aromatic heterocycles. The van der Waals surface area contributed by atoms with Crippen LogP contribution in [0.25, 0.3) is 0 Å². The highest BCUT2D eigenvalue weighted by molar-refractivity contribution is 5.24. The molecular weight excluding hydrogens is 200 g/mol. The second-order valence-electron chi connectivity index (χ2n) is 4.67. The Morgan fingerprint density at radius 1 is 1.44 bits per heavy atom. The van der Waals surface area contributed by atoms with Crippen LogP contribution in [0.5, 0.6) is 0 Å². The van der Waals surface area contributed by atoms with Gasteiger partial charge in [-0.25, -0.2) is 9.97 Å². The van der Waals surface area contributed by atoms with E-state index in [1.807, 2.05) is 0 Å². The molecule has 2 N–H and O–H groups in total. The molecule has 0 aromatic carbocycles. The maximum Gasteiger partial charge on any atom is 0.144 e. The van der Waals surface area contributed by atoms with Gasteiger partial charge in [0.05, 0.1) is 6.54 Å². The van der Waals surface area contributed by atoms with Crippen molar-refractivity contribution >= 4 is 5.82 Å². The number of nitrogens with two attached hydrogens (primary N) is 1. The van der Waals surface area contributed by atoms with Gasteiger partial charge in [-0.05, 0) is 38.4 Å². The number of nitrogens with zero attached hydrogens (tertiary/aromatic N) is 3. The maximum atomic E-state index is 5.60. The number of anilines is 1. The zero-order valence-electron chi connectivity index (χ0n) is 10.5. The van der Waals surface area contributed by atoms with Crippen molar-refractivity contribution in [1.29, 1.82) is 0 Å². The summed E-state index contributed by atoms with van der Waals surface area (Å²) in [5.41, 5.74) is 5.60. The van der Waals surface area contributed by atoms with Gasteiger partial charge in [-0.3, -0.25) is 4.90 Å². The SMILES string of the molecule is CC(C)CCCN(C)Cc1nccc(N)n1. The summed E-state index contributed by atoms with van der Waals surface area (Å²) in [7, 11) is 2.09. The van der Waals surface area contributed by atoms with E-state index in [1.165, 1.54) is 12.8 Å². The standard InChI is InChI=1S/C12H22N4/c1-10(2)5-4-8-16(3)9-12-14-7-6-11(13)15-12/h6-7,10H,4-5,8-9H2,1-3H3,(H2,13,14,15). The van der Waals surface area contributed by atoms with Crippen molar-refractivity contribution in [3.63, 3.8) is 0 Å². The fraction of sp³-hybridized carbons (Fsp3) is 0.667. The second kappa shape index (κ2) is 6.43. The smallest absolute Gasteiger partial charge is 0.144 e. The van der Waals surface area contributed by atoms with Gasteiger partial charge in [-0.1, -0.05) is 13.8 Å². The molecule has 1 rings (SSSR count). The van der Waals surface area contributed by atoms with E-state index in [4.69, 9.17) is 5.73 Å². The molecule has 0 atom stereocenters. The first-order valence-corrected chi connectivity index (χ1v) is 5.84. The molecule has 16 heavy (non-hydrogen) atoms. The predicted octanol–water partition coefficient (Wildman–Crippen LogP) is 1.93. The van der Waals surface area contributed by atoms with Crippen LogP contribution in [0.1, 0.15) is 32.5 Å². The highest BCUT2D eigenvalue weighted by Crippen LogP contribution is 2.05. The molecule has 0 spiro atoms. The van der Waals surface area contributed by atoms with Gasteiger partial charge in [0, 0.05) is 6.20 Å². The summed E-state index contributed by atoms with van der Waals surface area (Å²) >= 11 is 0. The molecule has 0 fully saturated rings. The number of rotatable bonds is 6. The van der Waals surface area contributed by atoms with Crippen molar-refractivity contribution in [2.75, 3.05) is 19.3 Å². The molecule has 0 saturated heterocycles. The molecule has 0 saturated carbocycles. The van der Waals surface area contributed by atoms with Crippen LogP contribution in [0.2, 0.25) is 0 Å². The van der Waals surface area contributed by atoms with E-state index in [2.05, 4.69) is 35.8 Å². The van der Waals surface area contributed by atoms with Gasteiger partial charge in [0.2, 0.25) is 0 Å². The molecule has 0 bridgehead atoms. The normalized spacial score (nSPS) is 11.3. The molecule has 4 nitrogen and oxygen atoms in total.